The van der Waals surface area contributed by atoms with E-state index in [-0.39, 0.29) is 5.91 Å². The number of hydrogen-bond acceptors (Lipinski definition) is 4. The molecule has 1 aromatic carbocycles. The zero-order chi connectivity index (χ0) is 15.6. The summed E-state index contributed by atoms with van der Waals surface area (Å²) in [6.07, 6.45) is 0. The van der Waals surface area contributed by atoms with Crippen LogP contribution in [0.25, 0.3) is 0 Å². The van der Waals surface area contributed by atoms with Crippen molar-refractivity contribution in [1.82, 2.24) is 9.21 Å². The minimum absolute atomic E-state index is 0.0700. The number of nitrogens with zero attached hydrogens (tertiary/aromatic N) is 2. The Morgan fingerprint density at radius 3 is 2.81 bits per heavy atom. The first-order chi connectivity index (χ1) is 9.91. The smallest absolute Gasteiger partial charge is 0.332 e. The predicted molar refractivity (Wildman–Crippen MR) is 88.0 cm³/mol. The number of rotatable bonds is 4. The van der Waals surface area contributed by atoms with Crippen molar-refractivity contribution in [2.45, 2.75) is 10.3 Å². The first kappa shape index (κ1) is 16.1. The van der Waals surface area contributed by atoms with Crippen LogP contribution in [0.5, 0.6) is 0 Å². The van der Waals surface area contributed by atoms with Gasteiger partial charge in [0.2, 0.25) is 0 Å². The lowest BCUT2D eigenvalue weighted by Gasteiger charge is -2.24. The maximum Gasteiger partial charge on any atom is 0.332 e. The second-order valence-electron chi connectivity index (χ2n) is 4.79. The molecule has 1 aliphatic heterocycles. The summed E-state index contributed by atoms with van der Waals surface area (Å²) in [6, 6.07) is 7.28. The van der Waals surface area contributed by atoms with Crippen LogP contribution in [0.2, 0.25) is 0 Å². The van der Waals surface area contributed by atoms with Gasteiger partial charge in [-0.05, 0) is 18.2 Å². The fourth-order valence-electron chi connectivity index (χ4n) is 2.04. The van der Waals surface area contributed by atoms with Gasteiger partial charge in [0.15, 0.2) is 5.37 Å². The zero-order valence-electron chi connectivity index (χ0n) is 12.0. The summed E-state index contributed by atoms with van der Waals surface area (Å²) in [7, 11) is 2.82. The molecule has 1 fully saturated rings. The Balaban J connectivity index is 2.26. The maximum absolute atomic E-state index is 12.0. The maximum atomic E-state index is 12.0. The number of thioether (sulfide) groups is 1. The van der Waals surface area contributed by atoms with Gasteiger partial charge in [0.1, 0.15) is 0 Å². The van der Waals surface area contributed by atoms with E-state index in [1.165, 1.54) is 16.7 Å². The van der Waals surface area contributed by atoms with E-state index < -0.39 is 22.0 Å². The number of carboxylic acids is 1. The van der Waals surface area contributed by atoms with Crippen LogP contribution < -0.4 is 0 Å². The highest BCUT2D eigenvalue weighted by atomic mass is 32.2. The van der Waals surface area contributed by atoms with Crippen molar-refractivity contribution < 1.29 is 14.7 Å². The van der Waals surface area contributed by atoms with Crippen LogP contribution in [0.1, 0.15) is 10.4 Å². The molecule has 0 radical (unpaired) electrons. The van der Waals surface area contributed by atoms with E-state index >= 15 is 0 Å². The molecule has 1 aromatic rings. The second kappa shape index (κ2) is 6.64. The summed E-state index contributed by atoms with van der Waals surface area (Å²) >= 11 is 1.42. The standard InChI is InChI=1S/C14H18N2O3S2/c1-15(2)12(17)10-5-4-6-11(9-10)21(3)16-7-8-20-13(16)14(18)19/h4-6,9,13H,3,7-8H2,1-2H3,(H,18,19). The molecule has 1 heterocycles. The SMILES string of the molecule is C=S(c1cccc(C(=O)N(C)C)c1)N1CCSC1C(=O)O. The molecule has 2 atom stereocenters. The molecule has 5 nitrogen and oxygen atoms in total. The summed E-state index contributed by atoms with van der Waals surface area (Å²) in [4.78, 5) is 25.7. The Hall–Kier alpha value is -1.31. The van der Waals surface area contributed by atoms with Gasteiger partial charge in [0.05, 0.1) is 0 Å². The molecule has 1 aliphatic rings. The van der Waals surface area contributed by atoms with Gasteiger partial charge in [-0.15, -0.1) is 11.8 Å². The van der Waals surface area contributed by atoms with Crippen LogP contribution in [0.15, 0.2) is 29.2 Å². The highest BCUT2D eigenvalue weighted by molar-refractivity contribution is 8.13. The topological polar surface area (TPSA) is 60.9 Å². The van der Waals surface area contributed by atoms with E-state index in [0.717, 1.165) is 10.6 Å². The van der Waals surface area contributed by atoms with Crippen molar-refractivity contribution in [3.63, 3.8) is 0 Å². The molecule has 2 unspecified atom stereocenters. The Morgan fingerprint density at radius 2 is 2.19 bits per heavy atom. The van der Waals surface area contributed by atoms with E-state index in [4.69, 9.17) is 0 Å². The van der Waals surface area contributed by atoms with Gasteiger partial charge in [-0.25, -0.2) is 9.10 Å². The zero-order valence-corrected chi connectivity index (χ0v) is 13.6. The molecule has 1 saturated heterocycles. The third-order valence-corrected chi connectivity index (χ3v) is 6.18. The number of hydrogen-bond donors (Lipinski definition) is 1. The number of benzene rings is 1. The van der Waals surface area contributed by atoms with E-state index in [0.29, 0.717) is 12.1 Å². The van der Waals surface area contributed by atoms with Crippen LogP contribution in [0.4, 0.5) is 0 Å². The van der Waals surface area contributed by atoms with Crippen LogP contribution in [-0.2, 0) is 4.79 Å². The monoisotopic (exact) mass is 326 g/mol. The van der Waals surface area contributed by atoms with Crippen molar-refractivity contribution in [3.8, 4) is 0 Å². The van der Waals surface area contributed by atoms with Gasteiger partial charge < -0.3 is 10.0 Å². The molecule has 21 heavy (non-hydrogen) atoms. The quantitative estimate of drug-likeness (QED) is 0.855. The van der Waals surface area contributed by atoms with E-state index in [2.05, 4.69) is 5.87 Å². The van der Waals surface area contributed by atoms with Gasteiger partial charge in [-0.1, -0.05) is 22.6 Å². The summed E-state index contributed by atoms with van der Waals surface area (Å²) < 4.78 is 1.88. The van der Waals surface area contributed by atoms with Crippen molar-refractivity contribution in [1.29, 1.82) is 0 Å². The fourth-order valence-corrected chi connectivity index (χ4v) is 5.00. The minimum atomic E-state index is -0.834. The molecule has 7 heteroatoms. The van der Waals surface area contributed by atoms with Crippen molar-refractivity contribution >= 4 is 40.2 Å². The highest BCUT2D eigenvalue weighted by Crippen LogP contribution is 2.38. The predicted octanol–water partition coefficient (Wildman–Crippen LogP) is 1.82. The van der Waals surface area contributed by atoms with Gasteiger partial charge >= 0.3 is 5.97 Å². The summed E-state index contributed by atoms with van der Waals surface area (Å²) in [6.45, 7) is 0.695. The average Bonchev–Trinajstić information content (AvgIpc) is 2.95. The molecule has 114 valence electrons. The second-order valence-corrected chi connectivity index (χ2v) is 7.65. The lowest BCUT2D eigenvalue weighted by Crippen LogP contribution is -2.30. The Bertz CT molecular complexity index is 589. The minimum Gasteiger partial charge on any atom is -0.479 e. The average molecular weight is 326 g/mol. The van der Waals surface area contributed by atoms with Crippen molar-refractivity contribution in [2.24, 2.45) is 0 Å². The third-order valence-electron chi connectivity index (χ3n) is 3.10. The first-order valence-corrected chi connectivity index (χ1v) is 8.78. The third kappa shape index (κ3) is 3.48. The highest BCUT2D eigenvalue weighted by Gasteiger charge is 2.33. The number of aliphatic carboxylic acids is 1. The Morgan fingerprint density at radius 1 is 1.48 bits per heavy atom. The molecule has 1 N–H and O–H groups in total. The van der Waals surface area contributed by atoms with E-state index in [1.54, 1.807) is 26.2 Å². The normalized spacial score (nSPS) is 20.2. The van der Waals surface area contributed by atoms with Crippen molar-refractivity contribution in [3.05, 3.63) is 29.8 Å². The van der Waals surface area contributed by atoms with Crippen LogP contribution in [0.3, 0.4) is 0 Å². The summed E-state index contributed by atoms with van der Waals surface area (Å²) in [5.74, 6) is 4.00. The molecule has 2 rings (SSSR count). The first-order valence-electron chi connectivity index (χ1n) is 6.38. The molecule has 1 amide bonds. The molecular formula is C14H18N2O3S2. The lowest BCUT2D eigenvalue weighted by molar-refractivity contribution is -0.138. The lowest BCUT2D eigenvalue weighted by atomic mass is 10.2. The summed E-state index contributed by atoms with van der Waals surface area (Å²) in [5, 5.41) is 8.69. The molecule has 0 spiro atoms. The fraction of sp³-hybridized carbons (Fsp3) is 0.357. The van der Waals surface area contributed by atoms with Gasteiger partial charge in [-0.2, -0.15) is 0 Å². The molecule has 0 saturated carbocycles. The van der Waals surface area contributed by atoms with Gasteiger partial charge in [-0.3, -0.25) is 4.79 Å². The summed E-state index contributed by atoms with van der Waals surface area (Å²) in [5.41, 5.74) is 0.595. The van der Waals surface area contributed by atoms with Crippen LogP contribution in [0, 0.1) is 0 Å². The van der Waals surface area contributed by atoms with Gasteiger partial charge in [0.25, 0.3) is 5.91 Å². The molecule has 0 bridgehead atoms. The van der Waals surface area contributed by atoms with Crippen LogP contribution >= 0.6 is 22.4 Å². The number of amides is 1. The van der Waals surface area contributed by atoms with Gasteiger partial charge in [0, 0.05) is 36.9 Å². The van der Waals surface area contributed by atoms with Crippen molar-refractivity contribution in [2.75, 3.05) is 26.4 Å². The largest absolute Gasteiger partial charge is 0.479 e. The number of carboxylic acid groups (broad SMARTS) is 1. The van der Waals surface area contributed by atoms with Crippen LogP contribution in [-0.4, -0.2) is 63.8 Å². The Labute approximate surface area is 131 Å². The molecule has 0 aromatic heterocycles. The van der Waals surface area contributed by atoms with E-state index in [9.17, 15) is 14.7 Å². The Kier molecular flexibility index (Phi) is 5.08. The molecular weight excluding hydrogens is 308 g/mol. The number of carbonyl (C=O) groups is 2. The molecule has 0 aliphatic carbocycles. The number of carbonyl (C=O) groups excluding carboxylic acids is 1. The van der Waals surface area contributed by atoms with E-state index in [1.807, 2.05) is 16.4 Å².